The van der Waals surface area contributed by atoms with Crippen molar-refractivity contribution in [2.45, 2.75) is 39.8 Å². The number of methoxy groups -OCH3 is 1. The molecule has 3 atom stereocenters. The first-order valence-electron chi connectivity index (χ1n) is 11.0. The molecule has 0 saturated carbocycles. The third-order valence-electron chi connectivity index (χ3n) is 5.76. The third-order valence-corrected chi connectivity index (χ3v) is 5.76. The van der Waals surface area contributed by atoms with Gasteiger partial charge in [0.1, 0.15) is 23.7 Å². The van der Waals surface area contributed by atoms with Crippen molar-refractivity contribution in [3.63, 3.8) is 0 Å². The maximum absolute atomic E-state index is 13.2. The Balaban J connectivity index is 1.82. The van der Waals surface area contributed by atoms with Crippen molar-refractivity contribution in [1.29, 1.82) is 0 Å². The Morgan fingerprint density at radius 1 is 1.27 bits per heavy atom. The smallest absolute Gasteiger partial charge is 0.323 e. The molecule has 0 saturated heterocycles. The molecule has 33 heavy (non-hydrogen) atoms. The van der Waals surface area contributed by atoms with Gasteiger partial charge in [0.15, 0.2) is 5.76 Å². The van der Waals surface area contributed by atoms with Crippen molar-refractivity contribution in [3.05, 3.63) is 35.2 Å². The fraction of sp³-hybridized carbons (Fsp3) is 0.522. The molecule has 180 valence electrons. The highest BCUT2D eigenvalue weighted by Crippen LogP contribution is 2.26. The molecule has 3 amide bonds. The lowest BCUT2D eigenvalue weighted by atomic mass is 10.0. The molecule has 0 fully saturated rings. The number of carbonyl (C=O) groups excluding carboxylic acids is 2. The lowest BCUT2D eigenvalue weighted by Crippen LogP contribution is -2.44. The number of nitrogens with zero attached hydrogens (tertiary/aromatic N) is 2. The summed E-state index contributed by atoms with van der Waals surface area (Å²) in [6.45, 7) is 9.13. The number of anilines is 2. The molecule has 2 heterocycles. The average Bonchev–Trinajstić information content (AvgIpc) is 3.10. The van der Waals surface area contributed by atoms with Gasteiger partial charge in [-0.1, -0.05) is 12.1 Å². The van der Waals surface area contributed by atoms with E-state index in [-0.39, 0.29) is 24.0 Å². The van der Waals surface area contributed by atoms with Crippen LogP contribution in [0.1, 0.15) is 35.7 Å². The van der Waals surface area contributed by atoms with Crippen molar-refractivity contribution < 1.29 is 23.6 Å². The highest BCUT2D eigenvalue weighted by atomic mass is 16.5. The van der Waals surface area contributed by atoms with Crippen LogP contribution in [-0.4, -0.2) is 68.0 Å². The van der Waals surface area contributed by atoms with E-state index in [4.69, 9.17) is 14.0 Å². The number of carbonyl (C=O) groups is 2. The van der Waals surface area contributed by atoms with Crippen LogP contribution in [0.15, 0.2) is 22.7 Å². The van der Waals surface area contributed by atoms with E-state index in [2.05, 4.69) is 28.0 Å². The largest absolute Gasteiger partial charge is 0.491 e. The molecular formula is C23H33N5O5. The minimum absolute atomic E-state index is 0.0597. The van der Waals surface area contributed by atoms with Crippen LogP contribution in [-0.2, 0) is 4.74 Å². The predicted octanol–water partition coefficient (Wildman–Crippen LogP) is 3.03. The second-order valence-corrected chi connectivity index (χ2v) is 8.55. The van der Waals surface area contributed by atoms with E-state index >= 15 is 0 Å². The van der Waals surface area contributed by atoms with Gasteiger partial charge < -0.3 is 34.8 Å². The number of amides is 3. The number of hydrogen-bond acceptors (Lipinski definition) is 7. The van der Waals surface area contributed by atoms with E-state index in [9.17, 15) is 9.59 Å². The van der Waals surface area contributed by atoms with Gasteiger partial charge in [-0.3, -0.25) is 4.79 Å². The molecule has 0 aliphatic carbocycles. The monoisotopic (exact) mass is 459 g/mol. The first-order chi connectivity index (χ1) is 15.7. The van der Waals surface area contributed by atoms with E-state index < -0.39 is 6.03 Å². The number of rotatable bonds is 3. The summed E-state index contributed by atoms with van der Waals surface area (Å²) in [6, 6.07) is 4.60. The van der Waals surface area contributed by atoms with Crippen LogP contribution >= 0.6 is 0 Å². The van der Waals surface area contributed by atoms with Gasteiger partial charge in [0.2, 0.25) is 0 Å². The highest BCUT2D eigenvalue weighted by molar-refractivity contribution is 6.02. The number of fused-ring (bicyclic) bond motifs is 1. The van der Waals surface area contributed by atoms with Gasteiger partial charge in [-0.25, -0.2) is 4.79 Å². The Morgan fingerprint density at radius 3 is 2.70 bits per heavy atom. The Kier molecular flexibility index (Phi) is 7.93. The molecule has 0 radical (unpaired) electrons. The molecule has 3 N–H and O–H groups in total. The molecule has 10 heteroatoms. The summed E-state index contributed by atoms with van der Waals surface area (Å²) in [5.41, 5.74) is 2.02. The van der Waals surface area contributed by atoms with Crippen LogP contribution in [0.5, 0.6) is 5.75 Å². The van der Waals surface area contributed by atoms with Crippen molar-refractivity contribution >= 4 is 23.3 Å². The average molecular weight is 460 g/mol. The standard InChI is InChI=1S/C23H33N5O5/c1-13-10-24-14(2)12-32-19-9-17(25-23(30)26-21-15(3)27-33-16(21)4)7-8-18(19)22(29)28(5)11-20(13)31-6/h7-9,13-14,20,24H,10-12H2,1-6H3,(H2,25,26,30)/t13-,14-,20+/m0/s1. The Labute approximate surface area is 194 Å². The fourth-order valence-electron chi connectivity index (χ4n) is 3.67. The zero-order chi connectivity index (χ0) is 24.1. The van der Waals surface area contributed by atoms with Crippen LogP contribution < -0.4 is 20.7 Å². The molecule has 1 aromatic carbocycles. The number of aryl methyl sites for hydroxylation is 2. The van der Waals surface area contributed by atoms with Crippen LogP contribution in [0.3, 0.4) is 0 Å². The van der Waals surface area contributed by atoms with Gasteiger partial charge in [-0.05, 0) is 38.8 Å². The van der Waals surface area contributed by atoms with Gasteiger partial charge in [0.05, 0.1) is 11.7 Å². The Morgan fingerprint density at radius 2 is 2.03 bits per heavy atom. The van der Waals surface area contributed by atoms with Crippen molar-refractivity contribution in [2.75, 3.05) is 44.5 Å². The molecule has 0 spiro atoms. The second-order valence-electron chi connectivity index (χ2n) is 8.55. The molecule has 0 unspecified atom stereocenters. The molecule has 1 aliphatic rings. The summed E-state index contributed by atoms with van der Waals surface area (Å²) in [5.74, 6) is 0.960. The first-order valence-corrected chi connectivity index (χ1v) is 11.0. The normalized spacial score (nSPS) is 21.9. The summed E-state index contributed by atoms with van der Waals surface area (Å²) < 4.78 is 16.7. The van der Waals surface area contributed by atoms with Crippen LogP contribution in [0, 0.1) is 19.8 Å². The van der Waals surface area contributed by atoms with Crippen molar-refractivity contribution in [3.8, 4) is 5.75 Å². The van der Waals surface area contributed by atoms with E-state index in [1.165, 1.54) is 0 Å². The number of urea groups is 1. The topological polar surface area (TPSA) is 118 Å². The first kappa shape index (κ1) is 24.5. The fourth-order valence-corrected chi connectivity index (χ4v) is 3.67. The summed E-state index contributed by atoms with van der Waals surface area (Å²) >= 11 is 0. The van der Waals surface area contributed by atoms with Crippen molar-refractivity contribution in [1.82, 2.24) is 15.4 Å². The van der Waals surface area contributed by atoms with Gasteiger partial charge in [0, 0.05) is 45.0 Å². The molecule has 2 aromatic rings. The zero-order valence-corrected chi connectivity index (χ0v) is 20.0. The summed E-state index contributed by atoms with van der Waals surface area (Å²) in [7, 11) is 3.41. The summed E-state index contributed by atoms with van der Waals surface area (Å²) in [6.07, 6.45) is -0.101. The van der Waals surface area contributed by atoms with Crippen LogP contribution in [0.2, 0.25) is 0 Å². The molecular weight excluding hydrogens is 426 g/mol. The maximum atomic E-state index is 13.2. The van der Waals surface area contributed by atoms with Crippen molar-refractivity contribution in [2.24, 2.45) is 5.92 Å². The predicted molar refractivity (Wildman–Crippen MR) is 125 cm³/mol. The van der Waals surface area contributed by atoms with Gasteiger partial charge in [-0.2, -0.15) is 0 Å². The molecule has 0 bridgehead atoms. The summed E-state index contributed by atoms with van der Waals surface area (Å²) in [5, 5.41) is 12.8. The SMILES string of the molecule is CO[C@@H]1CN(C)C(=O)c2ccc(NC(=O)Nc3c(C)noc3C)cc2OC[C@H](C)NC[C@@H]1C. The third kappa shape index (κ3) is 6.02. The van der Waals surface area contributed by atoms with Crippen LogP contribution in [0.25, 0.3) is 0 Å². The number of ether oxygens (including phenoxy) is 2. The highest BCUT2D eigenvalue weighted by Gasteiger charge is 2.25. The minimum Gasteiger partial charge on any atom is -0.491 e. The minimum atomic E-state index is -0.451. The van der Waals surface area contributed by atoms with E-state index in [1.807, 2.05) is 6.92 Å². The maximum Gasteiger partial charge on any atom is 0.323 e. The molecule has 1 aromatic heterocycles. The number of nitrogens with one attached hydrogen (secondary N) is 3. The second kappa shape index (κ2) is 10.7. The lowest BCUT2D eigenvalue weighted by molar-refractivity contribution is 0.0281. The number of hydrogen-bond donors (Lipinski definition) is 3. The quantitative estimate of drug-likeness (QED) is 0.646. The van der Waals surface area contributed by atoms with Crippen LogP contribution in [0.4, 0.5) is 16.2 Å². The van der Waals surface area contributed by atoms with Gasteiger partial charge >= 0.3 is 6.03 Å². The Bertz CT molecular complexity index is 972. The number of aromatic nitrogens is 1. The van der Waals surface area contributed by atoms with E-state index in [0.29, 0.717) is 47.3 Å². The number of benzene rings is 1. The van der Waals surface area contributed by atoms with E-state index in [0.717, 1.165) is 6.54 Å². The Hall–Kier alpha value is -3.11. The van der Waals surface area contributed by atoms with Gasteiger partial charge in [0.25, 0.3) is 5.91 Å². The molecule has 10 nitrogen and oxygen atoms in total. The number of likely N-dealkylation sites (N-methyl/N-ethyl adjacent to an activating group) is 1. The zero-order valence-electron chi connectivity index (χ0n) is 20.0. The molecule has 1 aliphatic heterocycles. The van der Waals surface area contributed by atoms with Gasteiger partial charge in [-0.15, -0.1) is 0 Å². The lowest BCUT2D eigenvalue weighted by Gasteiger charge is -2.30. The summed E-state index contributed by atoms with van der Waals surface area (Å²) in [4.78, 5) is 27.3. The van der Waals surface area contributed by atoms with E-state index in [1.54, 1.807) is 51.1 Å². The molecule has 3 rings (SSSR count).